The van der Waals surface area contributed by atoms with E-state index >= 15 is 0 Å². The number of carbonyl (C=O) groups excluding carboxylic acids is 3. The van der Waals surface area contributed by atoms with Gasteiger partial charge in [0.05, 0.1) is 30.1 Å². The Kier molecular flexibility index (Phi) is 10.1. The Morgan fingerprint density at radius 2 is 1.78 bits per heavy atom. The first-order valence-electron chi connectivity index (χ1n) is 18.2. The fourth-order valence-electron chi connectivity index (χ4n) is 11.1. The van der Waals surface area contributed by atoms with Crippen molar-refractivity contribution in [2.45, 2.75) is 142 Å². The van der Waals surface area contributed by atoms with Crippen LogP contribution in [-0.4, -0.2) is 93.2 Å². The number of rotatable bonds is 10. The molecule has 0 aromatic rings. The van der Waals surface area contributed by atoms with Gasteiger partial charge in [0.1, 0.15) is 18.3 Å². The smallest absolute Gasteiger partial charge is 0.348 e. The second-order valence-electron chi connectivity index (χ2n) is 16.7. The quantitative estimate of drug-likeness (QED) is 0.167. The zero-order valence-corrected chi connectivity index (χ0v) is 31.4. The molecular weight excluding hydrogens is 700 g/mol. The van der Waals surface area contributed by atoms with Crippen molar-refractivity contribution in [2.24, 2.45) is 46.3 Å². The summed E-state index contributed by atoms with van der Waals surface area (Å²) in [4.78, 5) is 41.5. The maximum Gasteiger partial charge on any atom is 0.348 e. The van der Waals surface area contributed by atoms with Crippen LogP contribution in [0, 0.1) is 46.3 Å². The van der Waals surface area contributed by atoms with Gasteiger partial charge in [-0.3, -0.25) is 9.59 Å². The van der Waals surface area contributed by atoms with Crippen molar-refractivity contribution >= 4 is 33.7 Å². The fourth-order valence-corrected chi connectivity index (χ4v) is 11.4. The molecule has 2 heterocycles. The molecule has 6 aliphatic rings. The Morgan fingerprint density at radius 3 is 2.39 bits per heavy atom. The van der Waals surface area contributed by atoms with Gasteiger partial charge in [-0.1, -0.05) is 82.3 Å². The molecule has 6 rings (SSSR count). The Hall–Kier alpha value is -1.41. The number of ether oxygens (including phenoxy) is 5. The van der Waals surface area contributed by atoms with E-state index < -0.39 is 82.6 Å². The van der Waals surface area contributed by atoms with Crippen molar-refractivity contribution in [3.05, 3.63) is 11.6 Å². The van der Waals surface area contributed by atoms with Gasteiger partial charge >= 0.3 is 11.9 Å². The molecule has 12 atom stereocenters. The Labute approximate surface area is 297 Å². The van der Waals surface area contributed by atoms with Gasteiger partial charge in [0, 0.05) is 22.7 Å². The van der Waals surface area contributed by atoms with E-state index in [1.165, 1.54) is 0 Å². The Bertz CT molecular complexity index is 1340. The summed E-state index contributed by atoms with van der Waals surface area (Å²) in [5.74, 6) is -7.30. The predicted molar refractivity (Wildman–Crippen MR) is 180 cm³/mol. The number of hydrogen-bond acceptors (Lipinski definition) is 11. The van der Waals surface area contributed by atoms with E-state index in [9.17, 15) is 29.7 Å². The number of halogens is 1. The van der Waals surface area contributed by atoms with E-state index in [1.54, 1.807) is 13.0 Å². The lowest BCUT2D eigenvalue weighted by atomic mass is 9.38. The number of fused-ring (bicyclic) bond motifs is 1. The molecule has 0 radical (unpaired) electrons. The number of ketones is 1. The second kappa shape index (κ2) is 13.2. The van der Waals surface area contributed by atoms with E-state index in [0.29, 0.717) is 11.8 Å². The van der Waals surface area contributed by atoms with Gasteiger partial charge in [-0.15, -0.1) is 0 Å². The number of esters is 2. The molecule has 3 N–H and O–H groups in total. The summed E-state index contributed by atoms with van der Waals surface area (Å²) in [7, 11) is 0. The third-order valence-electron chi connectivity index (χ3n) is 13.6. The molecule has 3 saturated carbocycles. The molecule has 0 aromatic carbocycles. The number of aliphatic hydroxyl groups excluding tert-OH is 1. The van der Waals surface area contributed by atoms with Gasteiger partial charge < -0.3 is 39.0 Å². The normalized spacial score (nSPS) is 42.8. The lowest BCUT2D eigenvalue weighted by Crippen LogP contribution is -2.78. The van der Waals surface area contributed by atoms with Gasteiger partial charge in [0.15, 0.2) is 17.9 Å². The molecule has 2 saturated heterocycles. The molecular formula is C37H55BrO11. The first-order valence-corrected chi connectivity index (χ1v) is 19.3. The lowest BCUT2D eigenvalue weighted by molar-refractivity contribution is -0.346. The third-order valence-corrected chi connectivity index (χ3v) is 14.1. The average Bonchev–Trinajstić information content (AvgIpc) is 3.33. The van der Waals surface area contributed by atoms with Crippen LogP contribution in [-0.2, 0) is 38.1 Å². The molecule has 276 valence electrons. The molecule has 2 aliphatic heterocycles. The minimum absolute atomic E-state index is 0.00730. The highest BCUT2D eigenvalue weighted by atomic mass is 79.9. The van der Waals surface area contributed by atoms with E-state index in [-0.39, 0.29) is 42.7 Å². The van der Waals surface area contributed by atoms with Gasteiger partial charge in [-0.05, 0) is 55.9 Å². The maximum absolute atomic E-state index is 14.1. The summed E-state index contributed by atoms with van der Waals surface area (Å²) >= 11 is 3.54. The summed E-state index contributed by atoms with van der Waals surface area (Å²) < 4.78 is 31.5. The standard InChI is InChI=1S/C37H55BrO11/c1-18(2)36(43,19(3)4)15-26(40)48-29-28-21(6)30(41)37(44)33-34(7)23(14-25(47-32(29)42)35(28,33)17-45-37)20(5)13-24(39)31(34)49-27(16-38)46-22-11-9-8-10-12-22/h13,18-19,21-23,25,27-31,33,41,43-44H,8-12,14-17H2,1-7H3/t21?,23-,25+,27?,28?,29?,30+,31+,33?,34?,35-,37+/m0/s1. The molecule has 2 bridgehead atoms. The summed E-state index contributed by atoms with van der Waals surface area (Å²) in [5.41, 5.74) is -2.87. The van der Waals surface area contributed by atoms with Crippen LogP contribution >= 0.6 is 15.9 Å². The van der Waals surface area contributed by atoms with Crippen LogP contribution < -0.4 is 0 Å². The van der Waals surface area contributed by atoms with Crippen molar-refractivity contribution in [2.75, 3.05) is 11.9 Å². The van der Waals surface area contributed by atoms with Crippen LogP contribution in [0.1, 0.15) is 93.4 Å². The molecule has 1 spiro atoms. The molecule has 12 heteroatoms. The first kappa shape index (κ1) is 37.4. The SMILES string of the molecule is CC1=CC(=O)[C@@H](OC(CBr)OC2CCCCC2)C2(C)C3[C@]45CO[C@]3(O)[C@H](O)C(C)C4C(OC(=O)CC(O)(C(C)C)C(C)C)C(=O)O[C@@H]5C[C@@H]12. The van der Waals surface area contributed by atoms with Crippen molar-refractivity contribution < 1.29 is 53.4 Å². The Morgan fingerprint density at radius 1 is 1.12 bits per heavy atom. The number of carbonyl (C=O) groups is 3. The van der Waals surface area contributed by atoms with Crippen molar-refractivity contribution in [3.63, 3.8) is 0 Å². The van der Waals surface area contributed by atoms with E-state index in [0.717, 1.165) is 37.7 Å². The Balaban J connectivity index is 1.40. The fraction of sp³-hybridized carbons (Fsp3) is 0.865. The minimum Gasteiger partial charge on any atom is -0.459 e. The van der Waals surface area contributed by atoms with Crippen LogP contribution in [0.3, 0.4) is 0 Å². The van der Waals surface area contributed by atoms with Gasteiger partial charge in [-0.25, -0.2) is 4.79 Å². The topological polar surface area (TPSA) is 158 Å². The summed E-state index contributed by atoms with van der Waals surface area (Å²) in [6.07, 6.45) is 1.21. The van der Waals surface area contributed by atoms with Crippen molar-refractivity contribution in [3.8, 4) is 0 Å². The third kappa shape index (κ3) is 5.60. The number of hydrogen-bond donors (Lipinski definition) is 3. The van der Waals surface area contributed by atoms with E-state index in [2.05, 4.69) is 15.9 Å². The molecule has 49 heavy (non-hydrogen) atoms. The van der Waals surface area contributed by atoms with E-state index in [1.807, 2.05) is 41.5 Å². The second-order valence-corrected chi connectivity index (χ2v) is 17.3. The van der Waals surface area contributed by atoms with Crippen LogP contribution in [0.15, 0.2) is 11.6 Å². The van der Waals surface area contributed by atoms with Gasteiger partial charge in [0.25, 0.3) is 0 Å². The van der Waals surface area contributed by atoms with Crippen LogP contribution in [0.2, 0.25) is 0 Å². The van der Waals surface area contributed by atoms with Crippen LogP contribution in [0.25, 0.3) is 0 Å². The van der Waals surface area contributed by atoms with Crippen LogP contribution in [0.5, 0.6) is 0 Å². The van der Waals surface area contributed by atoms with Gasteiger partial charge in [-0.2, -0.15) is 0 Å². The highest BCUT2D eigenvalue weighted by Crippen LogP contribution is 2.74. The molecule has 6 unspecified atom stereocenters. The summed E-state index contributed by atoms with van der Waals surface area (Å²) in [6, 6.07) is 0. The average molecular weight is 756 g/mol. The summed E-state index contributed by atoms with van der Waals surface area (Å²) in [6.45, 7) is 12.7. The zero-order valence-electron chi connectivity index (χ0n) is 29.9. The summed E-state index contributed by atoms with van der Waals surface area (Å²) in [5, 5.41) is 36.1. The molecule has 11 nitrogen and oxygen atoms in total. The van der Waals surface area contributed by atoms with Gasteiger partial charge in [0.2, 0.25) is 6.10 Å². The number of alkyl halides is 1. The van der Waals surface area contributed by atoms with Crippen molar-refractivity contribution in [1.29, 1.82) is 0 Å². The monoisotopic (exact) mass is 754 g/mol. The maximum atomic E-state index is 14.1. The zero-order chi connectivity index (χ0) is 35.8. The molecule has 4 aliphatic carbocycles. The number of aliphatic hydroxyl groups is 3. The van der Waals surface area contributed by atoms with E-state index in [4.69, 9.17) is 23.7 Å². The molecule has 5 fully saturated rings. The van der Waals surface area contributed by atoms with Crippen molar-refractivity contribution in [1.82, 2.24) is 0 Å². The highest BCUT2D eigenvalue weighted by Gasteiger charge is 2.84. The lowest BCUT2D eigenvalue weighted by Gasteiger charge is -2.68. The highest BCUT2D eigenvalue weighted by molar-refractivity contribution is 9.09. The molecule has 0 aromatic heterocycles. The largest absolute Gasteiger partial charge is 0.459 e. The predicted octanol–water partition coefficient (Wildman–Crippen LogP) is 4.22. The number of allylic oxidation sites excluding steroid dienone is 1. The molecule has 0 amide bonds. The minimum atomic E-state index is -2.11. The van der Waals surface area contributed by atoms with Crippen LogP contribution in [0.4, 0.5) is 0 Å². The first-order chi connectivity index (χ1) is 23.0.